The molecule has 0 aliphatic heterocycles. The van der Waals surface area contributed by atoms with Gasteiger partial charge in [-0.2, -0.15) is 0 Å². The molecule has 0 amide bonds. The second kappa shape index (κ2) is 18.1. The van der Waals surface area contributed by atoms with Crippen LogP contribution in [0.5, 0.6) is 23.0 Å². The minimum atomic E-state index is -0.640. The van der Waals surface area contributed by atoms with Gasteiger partial charge in [-0.05, 0) is 151 Å². The summed E-state index contributed by atoms with van der Waals surface area (Å²) >= 11 is 0. The largest absolute Gasteiger partial charge is 0.754 e. The van der Waals surface area contributed by atoms with Gasteiger partial charge in [0.1, 0.15) is 23.0 Å². The first kappa shape index (κ1) is 43.2. The van der Waals surface area contributed by atoms with Crippen molar-refractivity contribution in [2.45, 2.75) is 52.4 Å². The maximum atomic E-state index is 14.9. The van der Waals surface area contributed by atoms with Crippen LogP contribution < -0.4 is 19.6 Å². The highest BCUT2D eigenvalue weighted by Crippen LogP contribution is 2.41. The Morgan fingerprint density at radius 3 is 1.22 bits per heavy atom. The van der Waals surface area contributed by atoms with E-state index in [-0.39, 0.29) is 5.78 Å². The molecule has 0 bridgehead atoms. The molecule has 8 aromatic carbocycles. The van der Waals surface area contributed by atoms with Gasteiger partial charge in [-0.1, -0.05) is 118 Å². The van der Waals surface area contributed by atoms with Gasteiger partial charge >= 0.3 is 0 Å². The molecule has 0 aliphatic carbocycles. The van der Waals surface area contributed by atoms with Gasteiger partial charge in [0, 0.05) is 44.7 Å². The van der Waals surface area contributed by atoms with E-state index in [0.717, 1.165) is 49.3 Å². The van der Waals surface area contributed by atoms with E-state index in [0.29, 0.717) is 51.1 Å². The van der Waals surface area contributed by atoms with Gasteiger partial charge in [-0.3, -0.25) is 4.79 Å². The van der Waals surface area contributed by atoms with Crippen LogP contribution >= 0.6 is 0 Å². The number of aryl methyl sites for hydroxylation is 2. The lowest BCUT2D eigenvalue weighted by molar-refractivity contribution is 0.103. The molecule has 0 saturated carbocycles. The summed E-state index contributed by atoms with van der Waals surface area (Å²) in [6, 6.07) is 60.5. The molecule has 0 N–H and O–H groups in total. The zero-order chi connectivity index (χ0) is 45.0. The van der Waals surface area contributed by atoms with Gasteiger partial charge in [0.2, 0.25) is 0 Å². The van der Waals surface area contributed by atoms with Gasteiger partial charge in [0.05, 0.1) is 0 Å². The van der Waals surface area contributed by atoms with Crippen LogP contribution in [0, 0.1) is 24.3 Å². The summed E-state index contributed by atoms with van der Waals surface area (Å²) in [5, 5.41) is 28.4. The number of rotatable bonds is 14. The standard InChI is InChI=1S/C57H50N2O5/c1-39-12-23-45(24-13-39)58(61)47-27-18-42(19-28-47)56(3,4)44-22-37-54(57(5,6)43-20-29-48(30-21-43)59(62)46-25-14-40(2)15-26-46)53(38-44)55(60)41-16-31-50(32-17-41)64-52-35-33-51(34-36-52)63-49-10-8-7-9-11-49/h7-38H,1-6H3/q-2. The van der Waals surface area contributed by atoms with Crippen molar-refractivity contribution in [3.63, 3.8) is 0 Å². The van der Waals surface area contributed by atoms with E-state index >= 15 is 0 Å². The van der Waals surface area contributed by atoms with Crippen LogP contribution in [0.4, 0.5) is 22.7 Å². The minimum absolute atomic E-state index is 0.133. The summed E-state index contributed by atoms with van der Waals surface area (Å²) in [7, 11) is 0. The first-order valence-corrected chi connectivity index (χ1v) is 21.4. The number of para-hydroxylation sites is 1. The lowest BCUT2D eigenvalue weighted by Crippen LogP contribution is -2.25. The van der Waals surface area contributed by atoms with Gasteiger partial charge in [-0.15, -0.1) is 0 Å². The summed E-state index contributed by atoms with van der Waals surface area (Å²) in [6.07, 6.45) is 0. The quantitative estimate of drug-likeness (QED) is 0.0796. The fourth-order valence-electron chi connectivity index (χ4n) is 7.84. The zero-order valence-corrected chi connectivity index (χ0v) is 36.9. The molecule has 0 atom stereocenters. The van der Waals surface area contributed by atoms with Gasteiger partial charge in [0.25, 0.3) is 0 Å². The number of nitrogens with zero attached hydrogens (tertiary/aromatic N) is 2. The van der Waals surface area contributed by atoms with Crippen LogP contribution in [0.15, 0.2) is 194 Å². The molecule has 7 heteroatoms. The molecular weight excluding hydrogens is 793 g/mol. The van der Waals surface area contributed by atoms with Crippen molar-refractivity contribution in [1.82, 2.24) is 0 Å². The predicted molar refractivity (Wildman–Crippen MR) is 260 cm³/mol. The summed E-state index contributed by atoms with van der Waals surface area (Å²) in [6.45, 7) is 12.4. The van der Waals surface area contributed by atoms with E-state index in [2.05, 4.69) is 39.8 Å². The van der Waals surface area contributed by atoms with Crippen LogP contribution in [-0.4, -0.2) is 5.78 Å². The minimum Gasteiger partial charge on any atom is -0.754 e. The Hall–Kier alpha value is -7.45. The number of ketones is 1. The number of hydrogen-bond donors (Lipinski definition) is 0. The Kier molecular flexibility index (Phi) is 12.2. The van der Waals surface area contributed by atoms with Crippen molar-refractivity contribution in [2.24, 2.45) is 0 Å². The average Bonchev–Trinajstić information content (AvgIpc) is 3.32. The van der Waals surface area contributed by atoms with Crippen molar-refractivity contribution in [2.75, 3.05) is 10.1 Å². The van der Waals surface area contributed by atoms with Crippen molar-refractivity contribution in [3.05, 3.63) is 249 Å². The Balaban J connectivity index is 1.09. The highest BCUT2D eigenvalue weighted by molar-refractivity contribution is 6.10. The molecule has 0 radical (unpaired) electrons. The van der Waals surface area contributed by atoms with E-state index in [1.165, 1.54) is 0 Å². The van der Waals surface area contributed by atoms with Crippen molar-refractivity contribution in [1.29, 1.82) is 0 Å². The Bertz CT molecular complexity index is 2840. The number of benzene rings is 8. The van der Waals surface area contributed by atoms with E-state index < -0.39 is 10.8 Å². The van der Waals surface area contributed by atoms with Gasteiger partial charge < -0.3 is 30.0 Å². The first-order chi connectivity index (χ1) is 30.8. The van der Waals surface area contributed by atoms with E-state index in [1.807, 2.05) is 172 Å². The maximum Gasteiger partial charge on any atom is 0.193 e. The second-order valence-corrected chi connectivity index (χ2v) is 17.2. The third-order valence-corrected chi connectivity index (χ3v) is 12.0. The summed E-state index contributed by atoms with van der Waals surface area (Å²) in [4.78, 5) is 14.9. The number of ether oxygens (including phenoxy) is 2. The molecule has 8 rings (SSSR count). The molecule has 8 aromatic rings. The fourth-order valence-corrected chi connectivity index (χ4v) is 7.84. The molecule has 0 fully saturated rings. The topological polar surface area (TPSA) is 88.1 Å². The van der Waals surface area contributed by atoms with Crippen LogP contribution in [0.2, 0.25) is 0 Å². The van der Waals surface area contributed by atoms with Crippen molar-refractivity contribution in [3.8, 4) is 23.0 Å². The lowest BCUT2D eigenvalue weighted by atomic mass is 9.71. The molecule has 7 nitrogen and oxygen atoms in total. The molecule has 320 valence electrons. The highest BCUT2D eigenvalue weighted by Gasteiger charge is 2.32. The van der Waals surface area contributed by atoms with E-state index in [4.69, 9.17) is 9.47 Å². The maximum absolute atomic E-state index is 14.9. The predicted octanol–water partition coefficient (Wildman–Crippen LogP) is 15.0. The zero-order valence-electron chi connectivity index (χ0n) is 36.9. The second-order valence-electron chi connectivity index (χ2n) is 17.2. The van der Waals surface area contributed by atoms with Crippen LogP contribution in [0.3, 0.4) is 0 Å². The number of carbonyl (C=O) groups excluding carboxylic acids is 1. The molecular formula is C57H50N2O5-2. The van der Waals surface area contributed by atoms with Crippen LogP contribution in [0.25, 0.3) is 0 Å². The third-order valence-electron chi connectivity index (χ3n) is 12.0. The Labute approximate surface area is 376 Å². The molecule has 0 aromatic heterocycles. The Morgan fingerprint density at radius 2 is 0.781 bits per heavy atom. The lowest BCUT2D eigenvalue weighted by Gasteiger charge is -2.34. The number of hydrogen-bond acceptors (Lipinski definition) is 7. The molecule has 0 saturated heterocycles. The molecule has 64 heavy (non-hydrogen) atoms. The van der Waals surface area contributed by atoms with Crippen LogP contribution in [0.1, 0.15) is 77.0 Å². The number of anilines is 4. The fraction of sp³-hybridized carbons (Fsp3) is 0.140. The third kappa shape index (κ3) is 9.32. The molecule has 0 unspecified atom stereocenters. The monoisotopic (exact) mass is 842 g/mol. The average molecular weight is 843 g/mol. The van der Waals surface area contributed by atoms with E-state index in [9.17, 15) is 15.2 Å². The summed E-state index contributed by atoms with van der Waals surface area (Å²) in [5.41, 5.74) is 7.95. The van der Waals surface area contributed by atoms with Crippen molar-refractivity contribution >= 4 is 28.5 Å². The molecule has 0 heterocycles. The SMILES string of the molecule is Cc1ccc(N([O-])c2ccc(C(C)(C)c3ccc(C(C)(C)c4ccc(N([O-])c5ccc(C)cc5)cc4)c(C(=O)c4ccc(Oc5ccc(Oc6ccccc6)cc5)cc4)c3)cc2)cc1. The first-order valence-electron chi connectivity index (χ1n) is 21.4. The van der Waals surface area contributed by atoms with Crippen molar-refractivity contribution < 1.29 is 14.3 Å². The number of carbonyl (C=O) groups is 1. The Morgan fingerprint density at radius 1 is 0.422 bits per heavy atom. The normalized spacial score (nSPS) is 11.5. The van der Waals surface area contributed by atoms with Gasteiger partial charge in [-0.25, -0.2) is 0 Å². The highest BCUT2D eigenvalue weighted by atomic mass is 16.5. The summed E-state index contributed by atoms with van der Waals surface area (Å²) in [5.74, 6) is 2.53. The smallest absolute Gasteiger partial charge is 0.193 e. The summed E-state index contributed by atoms with van der Waals surface area (Å²) < 4.78 is 12.1. The van der Waals surface area contributed by atoms with Crippen LogP contribution in [-0.2, 0) is 10.8 Å². The molecule has 0 aliphatic rings. The van der Waals surface area contributed by atoms with E-state index in [1.54, 1.807) is 24.3 Å². The van der Waals surface area contributed by atoms with Gasteiger partial charge in [0.15, 0.2) is 5.78 Å². The molecule has 0 spiro atoms.